The lowest BCUT2D eigenvalue weighted by atomic mass is 9.95. The van der Waals surface area contributed by atoms with Crippen molar-refractivity contribution in [1.29, 1.82) is 0 Å². The number of aromatic nitrogens is 1. The molecule has 1 aromatic heterocycles. The van der Waals surface area contributed by atoms with Crippen molar-refractivity contribution in [2.75, 3.05) is 31.1 Å². The van der Waals surface area contributed by atoms with Gasteiger partial charge in [-0.1, -0.05) is 43.5 Å². The van der Waals surface area contributed by atoms with Crippen LogP contribution in [0.25, 0.3) is 0 Å². The Morgan fingerprint density at radius 1 is 0.828 bits per heavy atom. The summed E-state index contributed by atoms with van der Waals surface area (Å²) in [6, 6.07) is 15.6. The largest absolute Gasteiger partial charge is 0.368 e. The molecule has 2 aromatic rings. The van der Waals surface area contributed by atoms with Crippen molar-refractivity contribution in [2.24, 2.45) is 0 Å². The molecule has 1 N–H and O–H groups in total. The summed E-state index contributed by atoms with van der Waals surface area (Å²) < 4.78 is 0. The van der Waals surface area contributed by atoms with Crippen molar-refractivity contribution < 1.29 is 9.59 Å². The summed E-state index contributed by atoms with van der Waals surface area (Å²) in [4.78, 5) is 34.0. The monoisotopic (exact) mass is 392 g/mol. The van der Waals surface area contributed by atoms with E-state index in [0.717, 1.165) is 38.8 Å². The highest BCUT2D eigenvalue weighted by Crippen LogP contribution is 2.18. The number of carbonyl (C=O) groups is 2. The first-order chi connectivity index (χ1) is 14.2. The van der Waals surface area contributed by atoms with Crippen LogP contribution in [0.15, 0.2) is 48.5 Å². The van der Waals surface area contributed by atoms with Crippen LogP contribution in [-0.2, 0) is 0 Å². The zero-order valence-electron chi connectivity index (χ0n) is 16.7. The van der Waals surface area contributed by atoms with E-state index in [2.05, 4.69) is 27.3 Å². The summed E-state index contributed by atoms with van der Waals surface area (Å²) in [5.41, 5.74) is 1.85. The number of pyridine rings is 1. The van der Waals surface area contributed by atoms with Crippen molar-refractivity contribution in [3.8, 4) is 0 Å². The molecule has 2 heterocycles. The molecule has 0 radical (unpaired) electrons. The SMILES string of the molecule is O=C(NC1CCCCC1)c1cccc(C(=O)N2CCN(c3ccccc3)CC2)n1. The van der Waals surface area contributed by atoms with Gasteiger partial charge in [0.05, 0.1) is 0 Å². The third kappa shape index (κ3) is 4.75. The molecule has 29 heavy (non-hydrogen) atoms. The maximum absolute atomic E-state index is 12.9. The molecule has 2 amide bonds. The van der Waals surface area contributed by atoms with E-state index >= 15 is 0 Å². The van der Waals surface area contributed by atoms with E-state index in [0.29, 0.717) is 24.5 Å². The van der Waals surface area contributed by atoms with Crippen molar-refractivity contribution >= 4 is 17.5 Å². The highest BCUT2D eigenvalue weighted by molar-refractivity contribution is 5.96. The zero-order chi connectivity index (χ0) is 20.1. The van der Waals surface area contributed by atoms with Crippen LogP contribution in [0.5, 0.6) is 0 Å². The predicted molar refractivity (Wildman–Crippen MR) is 113 cm³/mol. The van der Waals surface area contributed by atoms with E-state index < -0.39 is 0 Å². The van der Waals surface area contributed by atoms with Crippen molar-refractivity contribution in [2.45, 2.75) is 38.1 Å². The molecule has 1 aromatic carbocycles. The predicted octanol–water partition coefficient (Wildman–Crippen LogP) is 3.11. The average molecular weight is 393 g/mol. The lowest BCUT2D eigenvalue weighted by Gasteiger charge is -2.36. The van der Waals surface area contributed by atoms with Gasteiger partial charge < -0.3 is 15.1 Å². The fraction of sp³-hybridized carbons (Fsp3) is 0.435. The third-order valence-corrected chi connectivity index (χ3v) is 5.83. The molecule has 0 bridgehead atoms. The van der Waals surface area contributed by atoms with E-state index in [1.54, 1.807) is 18.2 Å². The minimum absolute atomic E-state index is 0.106. The second-order valence-corrected chi connectivity index (χ2v) is 7.83. The van der Waals surface area contributed by atoms with E-state index in [9.17, 15) is 9.59 Å². The number of benzene rings is 1. The first-order valence-electron chi connectivity index (χ1n) is 10.6. The maximum atomic E-state index is 12.9. The summed E-state index contributed by atoms with van der Waals surface area (Å²) in [5, 5.41) is 3.07. The van der Waals surface area contributed by atoms with E-state index in [1.807, 2.05) is 23.1 Å². The number of para-hydroxylation sites is 1. The number of nitrogens with zero attached hydrogens (tertiary/aromatic N) is 3. The molecule has 1 saturated carbocycles. The van der Waals surface area contributed by atoms with Crippen LogP contribution in [-0.4, -0.2) is 53.9 Å². The Balaban J connectivity index is 1.36. The summed E-state index contributed by atoms with van der Waals surface area (Å²) in [6.07, 6.45) is 5.61. The number of amides is 2. The standard InChI is InChI=1S/C23H28N4O2/c28-22(24-18-8-3-1-4-9-18)20-12-7-13-21(25-20)23(29)27-16-14-26(15-17-27)19-10-5-2-6-11-19/h2,5-7,10-13,18H,1,3-4,8-9,14-17H2,(H,24,28). The van der Waals surface area contributed by atoms with Crippen LogP contribution in [0, 0.1) is 0 Å². The molecular formula is C23H28N4O2. The van der Waals surface area contributed by atoms with Gasteiger partial charge in [0.2, 0.25) is 0 Å². The molecule has 0 unspecified atom stereocenters. The molecule has 6 nitrogen and oxygen atoms in total. The summed E-state index contributed by atoms with van der Waals surface area (Å²) in [7, 11) is 0. The van der Waals surface area contributed by atoms with Crippen molar-refractivity contribution in [3.05, 3.63) is 59.9 Å². The second-order valence-electron chi connectivity index (χ2n) is 7.83. The van der Waals surface area contributed by atoms with Crippen LogP contribution in [0.3, 0.4) is 0 Å². The molecule has 152 valence electrons. The van der Waals surface area contributed by atoms with Gasteiger partial charge in [-0.15, -0.1) is 0 Å². The van der Waals surface area contributed by atoms with Gasteiger partial charge >= 0.3 is 0 Å². The van der Waals surface area contributed by atoms with Crippen LogP contribution in [0.2, 0.25) is 0 Å². The summed E-state index contributed by atoms with van der Waals surface area (Å²) in [5.74, 6) is -0.287. The number of hydrogen-bond donors (Lipinski definition) is 1. The first kappa shape index (κ1) is 19.4. The Hall–Kier alpha value is -2.89. The quantitative estimate of drug-likeness (QED) is 0.868. The van der Waals surface area contributed by atoms with Crippen LogP contribution in [0.4, 0.5) is 5.69 Å². The Morgan fingerprint density at radius 2 is 1.52 bits per heavy atom. The normalized spacial score (nSPS) is 17.8. The van der Waals surface area contributed by atoms with Crippen molar-refractivity contribution in [1.82, 2.24) is 15.2 Å². The van der Waals surface area contributed by atoms with E-state index in [1.165, 1.54) is 12.1 Å². The Bertz CT molecular complexity index is 841. The van der Waals surface area contributed by atoms with Gasteiger partial charge in [-0.2, -0.15) is 0 Å². The topological polar surface area (TPSA) is 65.5 Å². The summed E-state index contributed by atoms with van der Waals surface area (Å²) in [6.45, 7) is 2.87. The molecule has 2 aliphatic rings. The molecule has 4 rings (SSSR count). The molecule has 0 atom stereocenters. The van der Waals surface area contributed by atoms with Crippen LogP contribution >= 0.6 is 0 Å². The Kier molecular flexibility index (Phi) is 6.08. The number of piperazine rings is 1. The molecular weight excluding hydrogens is 364 g/mol. The highest BCUT2D eigenvalue weighted by Gasteiger charge is 2.24. The van der Waals surface area contributed by atoms with Crippen LogP contribution in [0.1, 0.15) is 53.1 Å². The lowest BCUT2D eigenvalue weighted by Crippen LogP contribution is -2.49. The fourth-order valence-electron chi connectivity index (χ4n) is 4.16. The molecule has 1 aliphatic heterocycles. The van der Waals surface area contributed by atoms with E-state index in [4.69, 9.17) is 0 Å². The molecule has 0 spiro atoms. The average Bonchev–Trinajstić information content (AvgIpc) is 2.80. The smallest absolute Gasteiger partial charge is 0.272 e. The minimum Gasteiger partial charge on any atom is -0.368 e. The Morgan fingerprint density at radius 3 is 2.24 bits per heavy atom. The van der Waals surface area contributed by atoms with Gasteiger partial charge in [0.25, 0.3) is 11.8 Å². The maximum Gasteiger partial charge on any atom is 0.272 e. The number of carbonyl (C=O) groups excluding carboxylic acids is 2. The van der Waals surface area contributed by atoms with Gasteiger partial charge in [0.1, 0.15) is 11.4 Å². The first-order valence-corrected chi connectivity index (χ1v) is 10.6. The number of anilines is 1. The molecule has 6 heteroatoms. The lowest BCUT2D eigenvalue weighted by molar-refractivity contribution is 0.0740. The van der Waals surface area contributed by atoms with E-state index in [-0.39, 0.29) is 17.9 Å². The fourth-order valence-corrected chi connectivity index (χ4v) is 4.16. The number of nitrogens with one attached hydrogen (secondary N) is 1. The van der Waals surface area contributed by atoms with Gasteiger partial charge in [0.15, 0.2) is 0 Å². The minimum atomic E-state index is -0.180. The van der Waals surface area contributed by atoms with Gasteiger partial charge in [-0.25, -0.2) is 4.98 Å². The molecule has 1 aliphatic carbocycles. The highest BCUT2D eigenvalue weighted by atomic mass is 16.2. The zero-order valence-corrected chi connectivity index (χ0v) is 16.7. The molecule has 1 saturated heterocycles. The van der Waals surface area contributed by atoms with Crippen LogP contribution < -0.4 is 10.2 Å². The van der Waals surface area contributed by atoms with Gasteiger partial charge in [-0.3, -0.25) is 9.59 Å². The van der Waals surface area contributed by atoms with Gasteiger partial charge in [-0.05, 0) is 37.1 Å². The molecule has 2 fully saturated rings. The Labute approximate surface area is 171 Å². The van der Waals surface area contributed by atoms with Gasteiger partial charge in [0, 0.05) is 37.9 Å². The van der Waals surface area contributed by atoms with Crippen molar-refractivity contribution in [3.63, 3.8) is 0 Å². The summed E-state index contributed by atoms with van der Waals surface area (Å²) >= 11 is 0. The number of rotatable bonds is 4. The second kappa shape index (κ2) is 9.07. The number of hydrogen-bond acceptors (Lipinski definition) is 4. The third-order valence-electron chi connectivity index (χ3n) is 5.83.